The Morgan fingerprint density at radius 2 is 1.95 bits per heavy atom. The Bertz CT molecular complexity index is 566. The average Bonchev–Trinajstić information content (AvgIpc) is 2.40. The number of halogens is 1. The summed E-state index contributed by atoms with van der Waals surface area (Å²) < 4.78 is 0.963. The van der Waals surface area contributed by atoms with Crippen LogP contribution in [0.1, 0.15) is 18.1 Å². The molecule has 2 aromatic carbocycles. The van der Waals surface area contributed by atoms with E-state index >= 15 is 0 Å². The lowest BCUT2D eigenvalue weighted by Gasteiger charge is -2.24. The zero-order valence-corrected chi connectivity index (χ0v) is 12.9. The van der Waals surface area contributed by atoms with Crippen molar-refractivity contribution in [3.05, 3.63) is 58.1 Å². The summed E-state index contributed by atoms with van der Waals surface area (Å²) in [6.45, 7) is 6.16. The smallest absolute Gasteiger partial charge is 0.0458 e. The zero-order chi connectivity index (χ0) is 13.8. The fourth-order valence-electron chi connectivity index (χ4n) is 2.10. The number of nitrogens with zero attached hydrogens (tertiary/aromatic N) is 1. The van der Waals surface area contributed by atoms with Crippen LogP contribution in [0.2, 0.25) is 0 Å². The number of anilines is 2. The predicted molar refractivity (Wildman–Crippen MR) is 86.5 cm³/mol. The first-order valence-electron chi connectivity index (χ1n) is 6.45. The quantitative estimate of drug-likeness (QED) is 0.848. The molecule has 0 aromatic heterocycles. The molecular weight excluding hydrogens is 300 g/mol. The monoisotopic (exact) mass is 318 g/mol. The van der Waals surface area contributed by atoms with E-state index in [0.717, 1.165) is 23.2 Å². The van der Waals surface area contributed by atoms with Crippen molar-refractivity contribution in [2.75, 3.05) is 17.2 Å². The van der Waals surface area contributed by atoms with E-state index in [-0.39, 0.29) is 0 Å². The number of hydrogen-bond donors (Lipinski definition) is 1. The second-order valence-corrected chi connectivity index (χ2v) is 5.56. The summed E-state index contributed by atoms with van der Waals surface area (Å²) >= 11 is 3.48. The first-order valence-corrected chi connectivity index (χ1v) is 7.25. The number of hydrogen-bond acceptors (Lipinski definition) is 2. The van der Waals surface area contributed by atoms with Crippen molar-refractivity contribution in [2.45, 2.75) is 20.4 Å². The van der Waals surface area contributed by atoms with Gasteiger partial charge in [-0.05, 0) is 65.2 Å². The summed E-state index contributed by atoms with van der Waals surface area (Å²) in [5, 5.41) is 0. The summed E-state index contributed by atoms with van der Waals surface area (Å²) in [4.78, 5) is 2.35. The van der Waals surface area contributed by atoms with Gasteiger partial charge in [0.1, 0.15) is 0 Å². The molecule has 0 bridgehead atoms. The second-order valence-electron chi connectivity index (χ2n) is 4.71. The normalized spacial score (nSPS) is 10.5. The van der Waals surface area contributed by atoms with Crippen LogP contribution in [-0.4, -0.2) is 6.54 Å². The Morgan fingerprint density at radius 3 is 2.58 bits per heavy atom. The van der Waals surface area contributed by atoms with E-state index in [4.69, 9.17) is 5.73 Å². The van der Waals surface area contributed by atoms with Crippen molar-refractivity contribution in [3.8, 4) is 0 Å². The van der Waals surface area contributed by atoms with Gasteiger partial charge in [-0.25, -0.2) is 0 Å². The Morgan fingerprint density at radius 1 is 1.16 bits per heavy atom. The lowest BCUT2D eigenvalue weighted by molar-refractivity contribution is 0.831. The van der Waals surface area contributed by atoms with E-state index in [0.29, 0.717) is 0 Å². The van der Waals surface area contributed by atoms with Crippen molar-refractivity contribution in [2.24, 2.45) is 0 Å². The molecule has 0 aliphatic rings. The highest BCUT2D eigenvalue weighted by Gasteiger charge is 2.06. The standard InChI is InChI=1S/C16H19BrN2/c1-3-19(14-6-4-5-12(2)9-14)11-13-7-8-16(18)15(17)10-13/h4-10H,3,11,18H2,1-2H3. The minimum Gasteiger partial charge on any atom is -0.398 e. The molecule has 0 radical (unpaired) electrons. The molecule has 0 fully saturated rings. The molecule has 0 amide bonds. The molecule has 0 saturated heterocycles. The third-order valence-corrected chi connectivity index (χ3v) is 3.87. The summed E-state index contributed by atoms with van der Waals surface area (Å²) in [5.41, 5.74) is 10.4. The molecule has 19 heavy (non-hydrogen) atoms. The van der Waals surface area contributed by atoms with Gasteiger partial charge in [0, 0.05) is 28.9 Å². The van der Waals surface area contributed by atoms with E-state index in [9.17, 15) is 0 Å². The van der Waals surface area contributed by atoms with Crippen LogP contribution in [-0.2, 0) is 6.54 Å². The third kappa shape index (κ3) is 3.51. The minimum atomic E-state index is 0.780. The molecule has 2 rings (SSSR count). The highest BCUT2D eigenvalue weighted by atomic mass is 79.9. The van der Waals surface area contributed by atoms with Gasteiger partial charge in [0.15, 0.2) is 0 Å². The maximum atomic E-state index is 5.82. The maximum Gasteiger partial charge on any atom is 0.0458 e. The van der Waals surface area contributed by atoms with Gasteiger partial charge in [-0.15, -0.1) is 0 Å². The summed E-state index contributed by atoms with van der Waals surface area (Å²) in [6, 6.07) is 14.7. The zero-order valence-electron chi connectivity index (χ0n) is 11.4. The maximum absolute atomic E-state index is 5.82. The van der Waals surface area contributed by atoms with Gasteiger partial charge >= 0.3 is 0 Å². The first kappa shape index (κ1) is 13.9. The number of rotatable bonds is 4. The lowest BCUT2D eigenvalue weighted by atomic mass is 10.1. The molecule has 0 atom stereocenters. The van der Waals surface area contributed by atoms with Crippen molar-refractivity contribution in [1.29, 1.82) is 0 Å². The van der Waals surface area contributed by atoms with Crippen LogP contribution in [0.5, 0.6) is 0 Å². The number of aryl methyl sites for hydroxylation is 1. The Labute approximate surface area is 123 Å². The van der Waals surface area contributed by atoms with Gasteiger partial charge in [0.05, 0.1) is 0 Å². The van der Waals surface area contributed by atoms with Gasteiger partial charge in [-0.1, -0.05) is 18.2 Å². The number of nitrogen functional groups attached to an aromatic ring is 1. The fraction of sp³-hybridized carbons (Fsp3) is 0.250. The van der Waals surface area contributed by atoms with Crippen molar-refractivity contribution in [1.82, 2.24) is 0 Å². The highest BCUT2D eigenvalue weighted by Crippen LogP contribution is 2.23. The molecule has 0 saturated carbocycles. The van der Waals surface area contributed by atoms with Crippen LogP contribution in [0.3, 0.4) is 0 Å². The molecule has 2 nitrogen and oxygen atoms in total. The van der Waals surface area contributed by atoms with Crippen molar-refractivity contribution < 1.29 is 0 Å². The Balaban J connectivity index is 2.21. The van der Waals surface area contributed by atoms with Crippen LogP contribution in [0, 0.1) is 6.92 Å². The Hall–Kier alpha value is -1.48. The van der Waals surface area contributed by atoms with Crippen LogP contribution in [0.25, 0.3) is 0 Å². The van der Waals surface area contributed by atoms with E-state index in [1.807, 2.05) is 6.07 Å². The van der Waals surface area contributed by atoms with Gasteiger partial charge in [-0.2, -0.15) is 0 Å². The summed E-state index contributed by atoms with van der Waals surface area (Å²) in [6.07, 6.45) is 0. The lowest BCUT2D eigenvalue weighted by Crippen LogP contribution is -2.22. The number of benzene rings is 2. The van der Waals surface area contributed by atoms with Crippen LogP contribution < -0.4 is 10.6 Å². The topological polar surface area (TPSA) is 29.3 Å². The number of nitrogens with two attached hydrogens (primary N) is 1. The summed E-state index contributed by atoms with van der Waals surface area (Å²) in [7, 11) is 0. The second kappa shape index (κ2) is 6.11. The Kier molecular flexibility index (Phi) is 4.48. The molecule has 0 spiro atoms. The van der Waals surface area contributed by atoms with Gasteiger partial charge in [0.25, 0.3) is 0 Å². The SMILES string of the molecule is CCN(Cc1ccc(N)c(Br)c1)c1cccc(C)c1. The van der Waals surface area contributed by atoms with E-state index in [1.165, 1.54) is 16.8 Å². The van der Waals surface area contributed by atoms with Crippen molar-refractivity contribution in [3.63, 3.8) is 0 Å². The summed E-state index contributed by atoms with van der Waals surface area (Å²) in [5.74, 6) is 0. The van der Waals surface area contributed by atoms with Gasteiger partial charge in [0.2, 0.25) is 0 Å². The highest BCUT2D eigenvalue weighted by molar-refractivity contribution is 9.10. The molecule has 3 heteroatoms. The average molecular weight is 319 g/mol. The van der Waals surface area contributed by atoms with Crippen LogP contribution >= 0.6 is 15.9 Å². The largest absolute Gasteiger partial charge is 0.398 e. The minimum absolute atomic E-state index is 0.780. The van der Waals surface area contributed by atoms with Gasteiger partial charge < -0.3 is 10.6 Å². The third-order valence-electron chi connectivity index (χ3n) is 3.19. The molecule has 2 N–H and O–H groups in total. The van der Waals surface area contributed by atoms with Gasteiger partial charge in [-0.3, -0.25) is 0 Å². The van der Waals surface area contributed by atoms with Crippen molar-refractivity contribution >= 4 is 27.3 Å². The molecule has 0 heterocycles. The van der Waals surface area contributed by atoms with E-state index < -0.39 is 0 Å². The molecular formula is C16H19BrN2. The van der Waals surface area contributed by atoms with E-state index in [2.05, 4.69) is 71.1 Å². The molecule has 0 aliphatic carbocycles. The molecule has 2 aromatic rings. The van der Waals surface area contributed by atoms with Crippen LogP contribution in [0.15, 0.2) is 46.9 Å². The predicted octanol–water partition coefficient (Wildman–Crippen LogP) is 4.37. The molecule has 100 valence electrons. The fourth-order valence-corrected chi connectivity index (χ4v) is 2.53. The molecule has 0 aliphatic heterocycles. The molecule has 0 unspecified atom stereocenters. The van der Waals surface area contributed by atoms with E-state index in [1.54, 1.807) is 0 Å². The first-order chi connectivity index (χ1) is 9.10. The van der Waals surface area contributed by atoms with Crippen LogP contribution in [0.4, 0.5) is 11.4 Å².